The molecule has 3 aromatic carbocycles. The van der Waals surface area contributed by atoms with Crippen LogP contribution in [0.2, 0.25) is 0 Å². The second-order valence-corrected chi connectivity index (χ2v) is 7.23. The number of para-hydroxylation sites is 1. The van der Waals surface area contributed by atoms with Crippen LogP contribution in [0.3, 0.4) is 0 Å². The lowest BCUT2D eigenvalue weighted by Crippen LogP contribution is -2.13. The van der Waals surface area contributed by atoms with E-state index >= 15 is 0 Å². The lowest BCUT2D eigenvalue weighted by Gasteiger charge is -2.24. The molecule has 0 spiro atoms. The highest BCUT2D eigenvalue weighted by Gasteiger charge is 2.23. The molecule has 0 amide bonds. The summed E-state index contributed by atoms with van der Waals surface area (Å²) in [6.07, 6.45) is 0. The molecule has 0 aliphatic carbocycles. The molecular weight excluding hydrogens is 324 g/mol. The smallest absolute Gasteiger partial charge is 0.173 e. The highest BCUT2D eigenvalue weighted by atomic mass is 16.5. The average molecular weight is 348 g/mol. The zero-order valence-corrected chi connectivity index (χ0v) is 15.3. The van der Waals surface area contributed by atoms with Gasteiger partial charge in [0.1, 0.15) is 11.5 Å². The second-order valence-electron chi connectivity index (χ2n) is 7.23. The van der Waals surface area contributed by atoms with Gasteiger partial charge in [-0.3, -0.25) is 0 Å². The molecule has 4 nitrogen and oxygen atoms in total. The molecule has 0 bridgehead atoms. The molecule has 0 saturated heterocycles. The highest BCUT2D eigenvalue weighted by molar-refractivity contribution is 5.54. The van der Waals surface area contributed by atoms with Crippen LogP contribution in [-0.2, 0) is 5.41 Å². The molecule has 0 heterocycles. The molecule has 0 atom stereocenters. The Bertz CT molecular complexity index is 880. The lowest BCUT2D eigenvalue weighted by atomic mass is 9.86. The molecule has 3 aromatic rings. The first-order valence-electron chi connectivity index (χ1n) is 8.53. The van der Waals surface area contributed by atoms with E-state index in [1.165, 1.54) is 0 Å². The van der Waals surface area contributed by atoms with E-state index in [1.807, 2.05) is 60.7 Å². The zero-order valence-electron chi connectivity index (χ0n) is 15.3. The van der Waals surface area contributed by atoms with Gasteiger partial charge >= 0.3 is 0 Å². The minimum Gasteiger partial charge on any atom is -0.453 e. The van der Waals surface area contributed by atoms with Crippen LogP contribution in [0.25, 0.3) is 0 Å². The molecule has 0 aliphatic rings. The van der Waals surface area contributed by atoms with Crippen molar-refractivity contribution in [3.05, 3.63) is 72.3 Å². The number of hydrogen-bond donors (Lipinski definition) is 2. The van der Waals surface area contributed by atoms with Gasteiger partial charge in [0.15, 0.2) is 11.5 Å². The van der Waals surface area contributed by atoms with E-state index < -0.39 is 0 Å². The molecule has 26 heavy (non-hydrogen) atoms. The molecule has 4 heteroatoms. The SMILES string of the molecule is CC(C)(C)c1cccc(Oc2ccc(N)cc2)c1Oc1ccc(N)cc1. The Morgan fingerprint density at radius 1 is 0.654 bits per heavy atom. The van der Waals surface area contributed by atoms with Crippen molar-refractivity contribution in [3.8, 4) is 23.0 Å². The number of nitrogens with two attached hydrogens (primary N) is 2. The first-order chi connectivity index (χ1) is 12.3. The maximum Gasteiger partial charge on any atom is 0.173 e. The Kier molecular flexibility index (Phi) is 4.76. The molecule has 0 unspecified atom stereocenters. The van der Waals surface area contributed by atoms with Gasteiger partial charge in [-0.2, -0.15) is 0 Å². The molecule has 0 fully saturated rings. The van der Waals surface area contributed by atoms with Gasteiger partial charge in [0, 0.05) is 16.9 Å². The molecule has 4 N–H and O–H groups in total. The quantitative estimate of drug-likeness (QED) is 0.590. The molecule has 0 aromatic heterocycles. The number of ether oxygens (including phenoxy) is 2. The minimum atomic E-state index is -0.108. The van der Waals surface area contributed by atoms with Crippen LogP contribution in [0, 0.1) is 0 Å². The van der Waals surface area contributed by atoms with Gasteiger partial charge in [-0.15, -0.1) is 0 Å². The van der Waals surface area contributed by atoms with Crippen molar-refractivity contribution < 1.29 is 9.47 Å². The highest BCUT2D eigenvalue weighted by Crippen LogP contribution is 2.42. The zero-order chi connectivity index (χ0) is 18.7. The summed E-state index contributed by atoms with van der Waals surface area (Å²) in [5, 5.41) is 0. The molecule has 0 aliphatic heterocycles. The van der Waals surface area contributed by atoms with Gasteiger partial charge in [-0.1, -0.05) is 32.9 Å². The topological polar surface area (TPSA) is 70.5 Å². The Morgan fingerprint density at radius 2 is 1.15 bits per heavy atom. The van der Waals surface area contributed by atoms with Gasteiger partial charge in [-0.25, -0.2) is 0 Å². The van der Waals surface area contributed by atoms with Crippen LogP contribution >= 0.6 is 0 Å². The third kappa shape index (κ3) is 4.09. The van der Waals surface area contributed by atoms with Crippen LogP contribution in [0.1, 0.15) is 26.3 Å². The summed E-state index contributed by atoms with van der Waals surface area (Å²) >= 11 is 0. The van der Waals surface area contributed by atoms with Crippen molar-refractivity contribution in [1.82, 2.24) is 0 Å². The monoisotopic (exact) mass is 348 g/mol. The van der Waals surface area contributed by atoms with E-state index in [0.717, 1.165) is 5.56 Å². The summed E-state index contributed by atoms with van der Waals surface area (Å²) in [5.74, 6) is 2.76. The van der Waals surface area contributed by atoms with Crippen molar-refractivity contribution in [2.45, 2.75) is 26.2 Å². The van der Waals surface area contributed by atoms with Crippen LogP contribution in [0.5, 0.6) is 23.0 Å². The lowest BCUT2D eigenvalue weighted by molar-refractivity contribution is 0.404. The average Bonchev–Trinajstić information content (AvgIpc) is 2.59. The Balaban J connectivity index is 2.02. The number of benzene rings is 3. The molecule has 134 valence electrons. The molecule has 0 radical (unpaired) electrons. The number of anilines is 2. The second kappa shape index (κ2) is 7.00. The fourth-order valence-electron chi connectivity index (χ4n) is 2.61. The largest absolute Gasteiger partial charge is 0.453 e. The van der Waals surface area contributed by atoms with Crippen molar-refractivity contribution >= 4 is 11.4 Å². The third-order valence-electron chi connectivity index (χ3n) is 3.99. The van der Waals surface area contributed by atoms with Crippen LogP contribution < -0.4 is 20.9 Å². The predicted molar refractivity (Wildman–Crippen MR) is 107 cm³/mol. The van der Waals surface area contributed by atoms with E-state index in [0.29, 0.717) is 34.4 Å². The normalized spacial score (nSPS) is 11.2. The van der Waals surface area contributed by atoms with Gasteiger partial charge in [-0.05, 0) is 60.0 Å². The first-order valence-corrected chi connectivity index (χ1v) is 8.53. The van der Waals surface area contributed by atoms with Gasteiger partial charge in [0.05, 0.1) is 0 Å². The van der Waals surface area contributed by atoms with Gasteiger partial charge in [0.2, 0.25) is 0 Å². The summed E-state index contributed by atoms with van der Waals surface area (Å²) in [6, 6.07) is 20.6. The number of hydrogen-bond acceptors (Lipinski definition) is 4. The fraction of sp³-hybridized carbons (Fsp3) is 0.182. The van der Waals surface area contributed by atoms with E-state index in [2.05, 4.69) is 26.8 Å². The Hall–Kier alpha value is -3.14. The number of nitrogen functional groups attached to an aromatic ring is 2. The van der Waals surface area contributed by atoms with E-state index in [9.17, 15) is 0 Å². The maximum atomic E-state index is 6.21. The summed E-state index contributed by atoms with van der Waals surface area (Å²) < 4.78 is 12.3. The summed E-state index contributed by atoms with van der Waals surface area (Å²) in [6.45, 7) is 6.43. The van der Waals surface area contributed by atoms with Crippen LogP contribution in [0.15, 0.2) is 66.7 Å². The minimum absolute atomic E-state index is 0.108. The third-order valence-corrected chi connectivity index (χ3v) is 3.99. The number of rotatable bonds is 4. The summed E-state index contributed by atoms with van der Waals surface area (Å²) in [4.78, 5) is 0. The summed E-state index contributed by atoms with van der Waals surface area (Å²) in [5.41, 5.74) is 13.9. The van der Waals surface area contributed by atoms with Crippen molar-refractivity contribution in [2.24, 2.45) is 0 Å². The molecule has 0 saturated carbocycles. The van der Waals surface area contributed by atoms with E-state index in [1.54, 1.807) is 0 Å². The first kappa shape index (κ1) is 17.7. The van der Waals surface area contributed by atoms with E-state index in [4.69, 9.17) is 20.9 Å². The van der Waals surface area contributed by atoms with Crippen molar-refractivity contribution in [1.29, 1.82) is 0 Å². The molecular formula is C22H24N2O2. The van der Waals surface area contributed by atoms with Gasteiger partial charge in [0.25, 0.3) is 0 Å². The van der Waals surface area contributed by atoms with Crippen LogP contribution in [-0.4, -0.2) is 0 Å². The fourth-order valence-corrected chi connectivity index (χ4v) is 2.61. The van der Waals surface area contributed by atoms with Crippen LogP contribution in [0.4, 0.5) is 11.4 Å². The van der Waals surface area contributed by atoms with Crippen molar-refractivity contribution in [3.63, 3.8) is 0 Å². The summed E-state index contributed by atoms with van der Waals surface area (Å²) in [7, 11) is 0. The molecule has 3 rings (SSSR count). The Morgan fingerprint density at radius 3 is 1.65 bits per heavy atom. The van der Waals surface area contributed by atoms with E-state index in [-0.39, 0.29) is 5.41 Å². The van der Waals surface area contributed by atoms with Gasteiger partial charge < -0.3 is 20.9 Å². The maximum absolute atomic E-state index is 6.21. The van der Waals surface area contributed by atoms with Crippen molar-refractivity contribution in [2.75, 3.05) is 11.5 Å². The Labute approximate surface area is 154 Å². The standard InChI is InChI=1S/C22H24N2O2/c1-22(2,3)19-5-4-6-20(25-17-11-7-15(23)8-12-17)21(19)26-18-13-9-16(24)10-14-18/h4-14H,23-24H2,1-3H3. The predicted octanol–water partition coefficient (Wildman–Crippen LogP) is 5.73.